The molecule has 5 unspecified atom stereocenters. The predicted octanol–water partition coefficient (Wildman–Crippen LogP) is 4.46. The van der Waals surface area contributed by atoms with Crippen molar-refractivity contribution in [2.24, 2.45) is 34.5 Å². The van der Waals surface area contributed by atoms with Gasteiger partial charge in [0.1, 0.15) is 18.0 Å². The smallest absolute Gasteiger partial charge is 0.302 e. The number of rotatable bonds is 6. The Labute approximate surface area is 265 Å². The zero-order valence-electron chi connectivity index (χ0n) is 28.1. The molecule has 0 bridgehead atoms. The van der Waals surface area contributed by atoms with Crippen molar-refractivity contribution in [1.82, 2.24) is 9.80 Å². The fourth-order valence-electron chi connectivity index (χ4n) is 11.6. The molecular formula is C36H58N3O5+. The van der Waals surface area contributed by atoms with Gasteiger partial charge in [-0.25, -0.2) is 0 Å². The molecule has 8 nitrogen and oxygen atoms in total. The van der Waals surface area contributed by atoms with Gasteiger partial charge in [-0.05, 0) is 80.1 Å². The van der Waals surface area contributed by atoms with Crippen LogP contribution < -0.4 is 0 Å². The van der Waals surface area contributed by atoms with Gasteiger partial charge in [0, 0.05) is 70.4 Å². The molecule has 0 radical (unpaired) electrons. The number of hydrogen-bond acceptors (Lipinski definition) is 7. The van der Waals surface area contributed by atoms with Gasteiger partial charge in [-0.1, -0.05) is 20.4 Å². The van der Waals surface area contributed by atoms with Gasteiger partial charge in [0.15, 0.2) is 0 Å². The van der Waals surface area contributed by atoms with Crippen LogP contribution in [0.2, 0.25) is 0 Å². The second kappa shape index (κ2) is 12.1. The minimum atomic E-state index is -0.186. The number of fused-ring (bicyclic) bond motifs is 5. The summed E-state index contributed by atoms with van der Waals surface area (Å²) in [6.45, 7) is 19.0. The molecule has 6 rings (SSSR count). The third-order valence-electron chi connectivity index (χ3n) is 13.9. The molecule has 0 aromatic carbocycles. The lowest BCUT2D eigenvalue weighted by molar-refractivity contribution is -0.908. The van der Waals surface area contributed by atoms with Gasteiger partial charge in [0.25, 0.3) is 0 Å². The van der Waals surface area contributed by atoms with Crippen molar-refractivity contribution >= 4 is 17.7 Å². The maximum absolute atomic E-state index is 12.6. The molecule has 2 heterocycles. The summed E-state index contributed by atoms with van der Waals surface area (Å²) in [5.41, 5.74) is 0.177. The van der Waals surface area contributed by atoms with E-state index in [0.717, 1.165) is 76.0 Å². The molecule has 44 heavy (non-hydrogen) atoms. The fourth-order valence-corrected chi connectivity index (χ4v) is 11.6. The van der Waals surface area contributed by atoms with Crippen molar-refractivity contribution in [1.29, 1.82) is 0 Å². The molecule has 6 fully saturated rings. The Morgan fingerprint density at radius 2 is 1.57 bits per heavy atom. The Hall–Kier alpha value is -1.77. The zero-order valence-corrected chi connectivity index (χ0v) is 28.1. The maximum Gasteiger partial charge on any atom is 0.302 e. The van der Waals surface area contributed by atoms with Gasteiger partial charge >= 0.3 is 11.9 Å². The van der Waals surface area contributed by atoms with E-state index < -0.39 is 0 Å². The quantitative estimate of drug-likeness (QED) is 0.249. The first kappa shape index (κ1) is 32.2. The largest absolute Gasteiger partial charge is 0.461 e. The van der Waals surface area contributed by atoms with Crippen LogP contribution in [-0.2, 0) is 23.9 Å². The Kier molecular flexibility index (Phi) is 8.86. The number of Topliss-reactive ketones (excluding diaryl/α,β-unsaturated/α-hetero) is 1. The number of piperazine rings is 1. The molecular weight excluding hydrogens is 554 g/mol. The minimum Gasteiger partial charge on any atom is -0.461 e. The second-order valence-electron chi connectivity index (χ2n) is 16.3. The maximum atomic E-state index is 12.6. The van der Waals surface area contributed by atoms with Crippen LogP contribution in [0.25, 0.3) is 0 Å². The zero-order chi connectivity index (χ0) is 31.4. The Balaban J connectivity index is 1.25. The number of ketones is 1. The summed E-state index contributed by atoms with van der Waals surface area (Å²) in [4.78, 5) is 42.0. The third kappa shape index (κ3) is 5.70. The van der Waals surface area contributed by atoms with Gasteiger partial charge in [-0.2, -0.15) is 0 Å². The highest BCUT2D eigenvalue weighted by Gasteiger charge is 2.65. The molecule has 0 aromatic heterocycles. The lowest BCUT2D eigenvalue weighted by Crippen LogP contribution is -2.61. The van der Waals surface area contributed by atoms with Crippen LogP contribution in [0.1, 0.15) is 85.5 Å². The van der Waals surface area contributed by atoms with Crippen LogP contribution in [0, 0.1) is 34.5 Å². The summed E-state index contributed by atoms with van der Waals surface area (Å²) in [7, 11) is 2.34. The van der Waals surface area contributed by atoms with E-state index >= 15 is 0 Å². The summed E-state index contributed by atoms with van der Waals surface area (Å²) in [6.07, 6.45) is 10.9. The Bertz CT molecular complexity index is 1120. The highest BCUT2D eigenvalue weighted by Crippen LogP contribution is 2.67. The van der Waals surface area contributed by atoms with Gasteiger partial charge < -0.3 is 14.0 Å². The van der Waals surface area contributed by atoms with Crippen LogP contribution in [0.4, 0.5) is 0 Å². The van der Waals surface area contributed by atoms with Crippen LogP contribution in [0.15, 0.2) is 12.7 Å². The predicted molar refractivity (Wildman–Crippen MR) is 170 cm³/mol. The number of likely N-dealkylation sites (N-methyl/N-ethyl adjacent to an activating group) is 1. The van der Waals surface area contributed by atoms with E-state index in [1.54, 1.807) is 13.8 Å². The average Bonchev–Trinajstić information content (AvgIpc) is 3.25. The number of esters is 2. The van der Waals surface area contributed by atoms with Gasteiger partial charge in [-0.3, -0.25) is 24.2 Å². The number of ether oxygens (including phenoxy) is 2. The van der Waals surface area contributed by atoms with Crippen molar-refractivity contribution in [2.45, 2.75) is 110 Å². The fraction of sp³-hybridized carbons (Fsp3) is 0.861. The molecule has 0 N–H and O–H groups in total. The molecule has 2 aliphatic heterocycles. The highest BCUT2D eigenvalue weighted by atomic mass is 16.5. The highest BCUT2D eigenvalue weighted by molar-refractivity contribution is 5.79. The van der Waals surface area contributed by atoms with Gasteiger partial charge in [0.05, 0.1) is 26.7 Å². The molecule has 246 valence electrons. The number of carbonyl (C=O) groups excluding carboxylic acids is 3. The summed E-state index contributed by atoms with van der Waals surface area (Å²) in [5.74, 6) is 2.36. The van der Waals surface area contributed by atoms with E-state index in [1.165, 1.54) is 19.3 Å². The van der Waals surface area contributed by atoms with Crippen LogP contribution in [0.3, 0.4) is 0 Å². The topological polar surface area (TPSA) is 76.2 Å². The minimum absolute atomic E-state index is 0.000992. The monoisotopic (exact) mass is 612 g/mol. The lowest BCUT2D eigenvalue weighted by Gasteiger charge is -2.62. The van der Waals surface area contributed by atoms with Crippen LogP contribution in [0.5, 0.6) is 0 Å². The van der Waals surface area contributed by atoms with Crippen molar-refractivity contribution in [2.75, 3.05) is 52.9 Å². The Morgan fingerprint density at radius 1 is 0.909 bits per heavy atom. The van der Waals surface area contributed by atoms with Crippen molar-refractivity contribution < 1.29 is 28.3 Å². The van der Waals surface area contributed by atoms with Crippen LogP contribution in [-0.4, -0.2) is 109 Å². The summed E-state index contributed by atoms with van der Waals surface area (Å²) >= 11 is 0. The van der Waals surface area contributed by atoms with E-state index in [9.17, 15) is 14.4 Å². The molecule has 4 aliphatic carbocycles. The number of nitrogens with zero attached hydrogens (tertiary/aromatic N) is 3. The van der Waals surface area contributed by atoms with Gasteiger partial charge in [-0.15, -0.1) is 0 Å². The van der Waals surface area contributed by atoms with E-state index in [0.29, 0.717) is 42.3 Å². The van der Waals surface area contributed by atoms with Gasteiger partial charge in [0.2, 0.25) is 0 Å². The number of quaternary nitrogens is 1. The molecule has 2 saturated heterocycles. The second-order valence-corrected chi connectivity index (χ2v) is 16.3. The summed E-state index contributed by atoms with van der Waals surface area (Å²) in [5, 5.41) is 0. The van der Waals surface area contributed by atoms with Crippen molar-refractivity contribution in [3.05, 3.63) is 12.7 Å². The van der Waals surface area contributed by atoms with E-state index in [-0.39, 0.29) is 47.1 Å². The van der Waals surface area contributed by atoms with Crippen LogP contribution >= 0.6 is 0 Å². The molecule has 8 heteroatoms. The summed E-state index contributed by atoms with van der Waals surface area (Å²) in [6, 6.07) is 0.468. The first-order chi connectivity index (χ1) is 20.9. The lowest BCUT2D eigenvalue weighted by atomic mass is 9.44. The van der Waals surface area contributed by atoms with E-state index in [4.69, 9.17) is 9.47 Å². The first-order valence-corrected chi connectivity index (χ1v) is 17.7. The normalized spacial score (nSPS) is 44.2. The summed E-state index contributed by atoms with van der Waals surface area (Å²) < 4.78 is 13.4. The SMILES string of the molecule is C=CC[N+]1(C)CCN(C2C[C@H]3[C@@H]4CCC5CC(OC(C)=O)C(N6CCC(=O)CC6)C[C@]5(C)[C@@H]4CC[C@]3(C)C2OC(C)=O)CC1. The number of piperidine rings is 1. The number of hydrogen-bond donors (Lipinski definition) is 0. The van der Waals surface area contributed by atoms with E-state index in [1.807, 2.05) is 0 Å². The number of likely N-dealkylation sites (tertiary alicyclic amines) is 1. The van der Waals surface area contributed by atoms with E-state index in [2.05, 4.69) is 43.3 Å². The first-order valence-electron chi connectivity index (χ1n) is 17.7. The molecule has 4 saturated carbocycles. The third-order valence-corrected chi connectivity index (χ3v) is 13.9. The molecule has 0 amide bonds. The average molecular weight is 613 g/mol. The number of carbonyl (C=O) groups is 3. The molecule has 10 atom stereocenters. The Morgan fingerprint density at radius 3 is 2.20 bits per heavy atom. The molecule has 0 spiro atoms. The molecule has 0 aromatic rings. The standard InChI is InChI=1S/C36H58N3O5/c1-7-18-39(6)19-16-38(17-20-39)31-22-30-28-9-8-26-21-33(43-24(2)40)32(37-14-11-27(42)12-15-37)23-36(26,5)29(28)10-13-35(30,4)34(31)44-25(3)41/h7,26,28-34H,1,8-23H2,2-6H3/q+1/t26?,28-,29-,30+,31?,32?,33?,34?,35+,36+/m1/s1. The van der Waals surface area contributed by atoms with Crippen molar-refractivity contribution in [3.8, 4) is 0 Å². The van der Waals surface area contributed by atoms with Crippen molar-refractivity contribution in [3.63, 3.8) is 0 Å². The molecule has 6 aliphatic rings.